The van der Waals surface area contributed by atoms with E-state index in [1.165, 1.54) is 0 Å². The Bertz CT molecular complexity index is 791. The van der Waals surface area contributed by atoms with E-state index in [4.69, 9.17) is 4.74 Å². The average molecular weight is 352 g/mol. The number of carbonyl (C=O) groups is 2. The van der Waals surface area contributed by atoms with Crippen LogP contribution in [0.15, 0.2) is 54.6 Å². The molecule has 2 aromatic rings. The molecule has 5 nitrogen and oxygen atoms in total. The van der Waals surface area contributed by atoms with Gasteiger partial charge in [-0.05, 0) is 24.1 Å². The number of ether oxygens (including phenoxy) is 1. The number of para-hydroxylation sites is 1. The second-order valence-corrected chi connectivity index (χ2v) is 6.73. The summed E-state index contributed by atoms with van der Waals surface area (Å²) in [6.45, 7) is 5.84. The lowest BCUT2D eigenvalue weighted by molar-refractivity contribution is -0.117. The molecule has 3 rings (SSSR count). The minimum absolute atomic E-state index is 0.00176. The normalized spacial score (nSPS) is 21.7. The van der Waals surface area contributed by atoms with Gasteiger partial charge in [-0.3, -0.25) is 4.79 Å². The van der Waals surface area contributed by atoms with Crippen LogP contribution >= 0.6 is 0 Å². The fraction of sp³-hybridized carbons (Fsp3) is 0.333. The third-order valence-electron chi connectivity index (χ3n) is 5.05. The van der Waals surface area contributed by atoms with Crippen molar-refractivity contribution in [2.24, 2.45) is 5.92 Å². The van der Waals surface area contributed by atoms with E-state index in [0.717, 1.165) is 16.8 Å². The van der Waals surface area contributed by atoms with Crippen LogP contribution in [0.4, 0.5) is 10.5 Å². The monoisotopic (exact) mass is 352 g/mol. The highest BCUT2D eigenvalue weighted by atomic mass is 16.5. The molecule has 1 aliphatic rings. The number of nitrogens with one attached hydrogen (secondary N) is 1. The number of rotatable bonds is 3. The van der Waals surface area contributed by atoms with Crippen LogP contribution in [0.1, 0.15) is 37.9 Å². The zero-order valence-corrected chi connectivity index (χ0v) is 15.3. The molecule has 0 aliphatic carbocycles. The van der Waals surface area contributed by atoms with E-state index in [9.17, 15) is 9.59 Å². The van der Waals surface area contributed by atoms with Gasteiger partial charge in [-0.1, -0.05) is 55.5 Å². The van der Waals surface area contributed by atoms with Gasteiger partial charge in [0.25, 0.3) is 0 Å². The Morgan fingerprint density at radius 2 is 1.69 bits per heavy atom. The molecule has 5 heteroatoms. The van der Waals surface area contributed by atoms with Gasteiger partial charge in [-0.25, -0.2) is 4.79 Å². The van der Waals surface area contributed by atoms with Gasteiger partial charge in [0, 0.05) is 24.6 Å². The Kier molecular flexibility index (Phi) is 5.26. The quantitative estimate of drug-likeness (QED) is 0.907. The maximum absolute atomic E-state index is 12.3. The van der Waals surface area contributed by atoms with E-state index < -0.39 is 6.09 Å². The van der Waals surface area contributed by atoms with Gasteiger partial charge >= 0.3 is 6.09 Å². The Hall–Kier alpha value is -2.82. The summed E-state index contributed by atoms with van der Waals surface area (Å²) in [5, 5.41) is 2.99. The van der Waals surface area contributed by atoms with Crippen LogP contribution < -0.4 is 10.2 Å². The van der Waals surface area contributed by atoms with Crippen molar-refractivity contribution in [2.75, 3.05) is 4.90 Å². The molecule has 2 aromatic carbocycles. The first-order valence-corrected chi connectivity index (χ1v) is 8.85. The number of benzene rings is 2. The maximum Gasteiger partial charge on any atom is 0.407 e. The van der Waals surface area contributed by atoms with Crippen molar-refractivity contribution in [3.63, 3.8) is 0 Å². The van der Waals surface area contributed by atoms with E-state index in [0.29, 0.717) is 0 Å². The van der Waals surface area contributed by atoms with Crippen LogP contribution in [0.5, 0.6) is 0 Å². The standard InChI is InChI=1S/C21H24N2O3/c1-14-15(2)23(16(3)24)19-12-8-7-11-18(19)20(14)22-21(25)26-13-17-9-5-4-6-10-17/h4-12,14-15,20H,13H2,1-3H3,(H,22,25)/t14-,15-,20+/m0/s1. The second-order valence-electron chi connectivity index (χ2n) is 6.73. The van der Waals surface area contributed by atoms with Crippen LogP contribution in [0, 0.1) is 5.92 Å². The lowest BCUT2D eigenvalue weighted by atomic mass is 9.83. The molecule has 0 unspecified atom stereocenters. The molecule has 0 fully saturated rings. The van der Waals surface area contributed by atoms with Crippen molar-refractivity contribution in [1.82, 2.24) is 5.32 Å². The van der Waals surface area contributed by atoms with Gasteiger partial charge in [0.15, 0.2) is 0 Å². The summed E-state index contributed by atoms with van der Waals surface area (Å²) in [6, 6.07) is 17.0. The Balaban J connectivity index is 1.77. The topological polar surface area (TPSA) is 58.6 Å². The predicted molar refractivity (Wildman–Crippen MR) is 101 cm³/mol. The average Bonchev–Trinajstić information content (AvgIpc) is 2.64. The molecule has 3 atom stereocenters. The van der Waals surface area contributed by atoms with Gasteiger partial charge in [0.2, 0.25) is 5.91 Å². The van der Waals surface area contributed by atoms with Crippen molar-refractivity contribution in [1.29, 1.82) is 0 Å². The van der Waals surface area contributed by atoms with E-state index in [1.807, 2.05) is 68.4 Å². The van der Waals surface area contributed by atoms with Crippen molar-refractivity contribution in [3.05, 3.63) is 65.7 Å². The Morgan fingerprint density at radius 1 is 1.04 bits per heavy atom. The molecule has 1 aliphatic heterocycles. The summed E-state index contributed by atoms with van der Waals surface area (Å²) in [7, 11) is 0. The molecular formula is C21H24N2O3. The number of fused-ring (bicyclic) bond motifs is 1. The molecule has 1 N–H and O–H groups in total. The largest absolute Gasteiger partial charge is 0.445 e. The summed E-state index contributed by atoms with van der Waals surface area (Å²) in [5.74, 6) is 0.0555. The maximum atomic E-state index is 12.3. The van der Waals surface area contributed by atoms with Crippen LogP contribution in [-0.4, -0.2) is 18.0 Å². The third-order valence-corrected chi connectivity index (χ3v) is 5.05. The van der Waals surface area contributed by atoms with Gasteiger partial charge in [0.1, 0.15) is 6.61 Å². The molecular weight excluding hydrogens is 328 g/mol. The SMILES string of the molecule is CC(=O)N1c2ccccc2[C@H](NC(=O)OCc2ccccc2)[C@@H](C)[C@@H]1C. The zero-order valence-electron chi connectivity index (χ0n) is 15.3. The molecule has 136 valence electrons. The number of hydrogen-bond donors (Lipinski definition) is 1. The molecule has 1 heterocycles. The van der Waals surface area contributed by atoms with E-state index in [-0.39, 0.29) is 30.5 Å². The molecule has 0 aromatic heterocycles. The smallest absolute Gasteiger partial charge is 0.407 e. The second kappa shape index (κ2) is 7.60. The minimum atomic E-state index is -0.455. The number of anilines is 1. The summed E-state index contributed by atoms with van der Waals surface area (Å²) in [6.07, 6.45) is -0.455. The van der Waals surface area contributed by atoms with E-state index in [1.54, 1.807) is 11.8 Å². The fourth-order valence-electron chi connectivity index (χ4n) is 3.54. The number of carbonyl (C=O) groups excluding carboxylic acids is 2. The molecule has 0 spiro atoms. The molecule has 26 heavy (non-hydrogen) atoms. The molecule has 0 radical (unpaired) electrons. The van der Waals surface area contributed by atoms with E-state index in [2.05, 4.69) is 5.32 Å². The van der Waals surface area contributed by atoms with Gasteiger partial charge < -0.3 is 15.0 Å². The molecule has 0 saturated carbocycles. The summed E-state index contributed by atoms with van der Waals surface area (Å²) < 4.78 is 5.37. The van der Waals surface area contributed by atoms with Crippen LogP contribution in [0.2, 0.25) is 0 Å². The van der Waals surface area contributed by atoms with Gasteiger partial charge in [0.05, 0.1) is 6.04 Å². The fourth-order valence-corrected chi connectivity index (χ4v) is 3.54. The van der Waals surface area contributed by atoms with Crippen molar-refractivity contribution in [2.45, 2.75) is 39.5 Å². The lowest BCUT2D eigenvalue weighted by Gasteiger charge is -2.43. The van der Waals surface area contributed by atoms with Gasteiger partial charge in [-0.2, -0.15) is 0 Å². The Morgan fingerprint density at radius 3 is 2.38 bits per heavy atom. The first kappa shape index (κ1) is 18.0. The number of alkyl carbamates (subject to hydrolysis) is 1. The van der Waals surface area contributed by atoms with Crippen molar-refractivity contribution in [3.8, 4) is 0 Å². The first-order valence-electron chi connectivity index (χ1n) is 8.85. The van der Waals surface area contributed by atoms with Gasteiger partial charge in [-0.15, -0.1) is 0 Å². The van der Waals surface area contributed by atoms with Crippen LogP contribution in [-0.2, 0) is 16.1 Å². The zero-order chi connectivity index (χ0) is 18.7. The third kappa shape index (κ3) is 3.57. The highest BCUT2D eigenvalue weighted by Gasteiger charge is 2.38. The van der Waals surface area contributed by atoms with Crippen molar-refractivity contribution >= 4 is 17.7 Å². The summed E-state index contributed by atoms with van der Waals surface area (Å²) >= 11 is 0. The molecule has 0 saturated heterocycles. The minimum Gasteiger partial charge on any atom is -0.445 e. The molecule has 0 bridgehead atoms. The highest BCUT2D eigenvalue weighted by molar-refractivity contribution is 5.94. The van der Waals surface area contributed by atoms with Crippen molar-refractivity contribution < 1.29 is 14.3 Å². The lowest BCUT2D eigenvalue weighted by Crippen LogP contribution is -2.50. The predicted octanol–water partition coefficient (Wildman–Crippen LogP) is 4.05. The number of hydrogen-bond acceptors (Lipinski definition) is 3. The van der Waals surface area contributed by atoms with Crippen LogP contribution in [0.3, 0.4) is 0 Å². The summed E-state index contributed by atoms with van der Waals surface area (Å²) in [4.78, 5) is 26.3. The Labute approximate surface area is 154 Å². The first-order chi connectivity index (χ1) is 12.5. The summed E-state index contributed by atoms with van der Waals surface area (Å²) in [5.41, 5.74) is 2.72. The molecule has 2 amide bonds. The van der Waals surface area contributed by atoms with E-state index >= 15 is 0 Å². The number of nitrogens with zero attached hydrogens (tertiary/aromatic N) is 1. The number of amides is 2. The van der Waals surface area contributed by atoms with Crippen LogP contribution in [0.25, 0.3) is 0 Å². The highest BCUT2D eigenvalue weighted by Crippen LogP contribution is 2.40.